The molecule has 6 heteroatoms. The van der Waals surface area contributed by atoms with Crippen LogP contribution in [0.25, 0.3) is 55.1 Å². The lowest BCUT2D eigenvalue weighted by molar-refractivity contribution is 0.483. The molecule has 11 rings (SSSR count). The summed E-state index contributed by atoms with van der Waals surface area (Å²) in [6, 6.07) is 35.4. The molecule has 0 bridgehead atoms. The summed E-state index contributed by atoms with van der Waals surface area (Å²) in [4.78, 5) is 9.58. The zero-order chi connectivity index (χ0) is 52.7. The number of aromatic nitrogens is 3. The number of para-hydroxylation sites is 5. The van der Waals surface area contributed by atoms with Crippen molar-refractivity contribution >= 4 is 66.4 Å². The molecule has 7 aromatic carbocycles. The van der Waals surface area contributed by atoms with Crippen LogP contribution in [0.3, 0.4) is 0 Å². The average molecular weight is 872 g/mol. The predicted molar refractivity (Wildman–Crippen MR) is 278 cm³/mol. The van der Waals surface area contributed by atoms with Crippen LogP contribution < -0.4 is 14.5 Å². The summed E-state index contributed by atoms with van der Waals surface area (Å²) in [7, 11) is 0. The van der Waals surface area contributed by atoms with E-state index in [0.717, 1.165) is 39.2 Å². The molecule has 0 saturated carbocycles. The molecule has 328 valence electrons. The number of fused-ring (bicyclic) bond motifs is 7. The summed E-state index contributed by atoms with van der Waals surface area (Å²) in [6.45, 7) is 20.5. The molecule has 0 amide bonds. The molecule has 3 aromatic heterocycles. The van der Waals surface area contributed by atoms with Crippen molar-refractivity contribution in [3.05, 3.63) is 186 Å². The van der Waals surface area contributed by atoms with Gasteiger partial charge in [0.05, 0.1) is 50.1 Å². The number of pyridine rings is 1. The minimum Gasteiger partial charge on any atom is -0.457 e. The van der Waals surface area contributed by atoms with Crippen LogP contribution in [0.1, 0.15) is 90.0 Å². The number of nitrogens with zero attached hydrogens (tertiary/aromatic N) is 5. The molecule has 6 nitrogen and oxygen atoms in total. The molecular weight excluding hydrogens is 807 g/mol. The fourth-order valence-electron chi connectivity index (χ4n) is 9.34. The van der Waals surface area contributed by atoms with Crippen LogP contribution >= 0.6 is 0 Å². The Bertz CT molecular complexity index is 3880. The molecular formula is C60H57N5O. The molecule has 0 saturated heterocycles. The number of ether oxygens (including phenoxy) is 1. The monoisotopic (exact) mass is 872 g/mol. The lowest BCUT2D eigenvalue weighted by Crippen LogP contribution is -2.25. The van der Waals surface area contributed by atoms with Gasteiger partial charge in [0.1, 0.15) is 24.0 Å². The molecule has 0 radical (unpaired) electrons. The third-order valence-electron chi connectivity index (χ3n) is 12.9. The van der Waals surface area contributed by atoms with Gasteiger partial charge >= 0.3 is 0 Å². The van der Waals surface area contributed by atoms with Gasteiger partial charge in [-0.2, -0.15) is 0 Å². The molecule has 0 aliphatic carbocycles. The van der Waals surface area contributed by atoms with Gasteiger partial charge in [0, 0.05) is 57.3 Å². The molecule has 1 aliphatic heterocycles. The maximum Gasteiger partial charge on any atom is 0.137 e. The van der Waals surface area contributed by atoms with Crippen LogP contribution in [-0.2, 0) is 16.2 Å². The zero-order valence-corrected chi connectivity index (χ0v) is 38.9. The summed E-state index contributed by atoms with van der Waals surface area (Å²) in [5.74, 6) is 1.53. The van der Waals surface area contributed by atoms with Gasteiger partial charge in [0.2, 0.25) is 0 Å². The molecule has 0 unspecified atom stereocenters. The van der Waals surface area contributed by atoms with Crippen molar-refractivity contribution in [2.75, 3.05) is 16.5 Å². The molecule has 10 aromatic rings. The molecule has 0 fully saturated rings. The van der Waals surface area contributed by atoms with Crippen molar-refractivity contribution < 1.29 is 15.7 Å². The highest BCUT2D eigenvalue weighted by Gasteiger charge is 2.31. The molecule has 0 atom stereocenters. The van der Waals surface area contributed by atoms with Crippen molar-refractivity contribution in [3.8, 4) is 23.0 Å². The second kappa shape index (κ2) is 15.1. The van der Waals surface area contributed by atoms with Gasteiger partial charge in [-0.25, -0.2) is 4.98 Å². The highest BCUT2D eigenvalue weighted by atomic mass is 16.5. The number of hydrogen-bond acceptors (Lipinski definition) is 4. The van der Waals surface area contributed by atoms with E-state index < -0.39 is 36.3 Å². The Kier molecular flexibility index (Phi) is 7.61. The molecule has 66 heavy (non-hydrogen) atoms. The van der Waals surface area contributed by atoms with Crippen molar-refractivity contribution in [2.24, 2.45) is 0 Å². The van der Waals surface area contributed by atoms with E-state index in [1.165, 1.54) is 11.1 Å². The fourth-order valence-corrected chi connectivity index (χ4v) is 9.34. The lowest BCUT2D eigenvalue weighted by atomic mass is 9.80. The largest absolute Gasteiger partial charge is 0.457 e. The minimum atomic E-state index is -0.505. The van der Waals surface area contributed by atoms with Crippen molar-refractivity contribution in [2.45, 2.75) is 78.6 Å². The second-order valence-corrected chi connectivity index (χ2v) is 20.5. The summed E-state index contributed by atoms with van der Waals surface area (Å²) in [5, 5.41) is 1.43. The Balaban J connectivity index is 1.15. The number of benzene rings is 7. The predicted octanol–water partition coefficient (Wildman–Crippen LogP) is 16.2. The van der Waals surface area contributed by atoms with Gasteiger partial charge < -0.3 is 19.1 Å². The third-order valence-corrected chi connectivity index (χ3v) is 12.9. The summed E-state index contributed by atoms with van der Waals surface area (Å²) >= 11 is 0. The highest BCUT2D eigenvalue weighted by molar-refractivity contribution is 6.16. The quantitative estimate of drug-likeness (QED) is 0.167. The Morgan fingerprint density at radius 2 is 1.08 bits per heavy atom. The van der Waals surface area contributed by atoms with Gasteiger partial charge in [-0.1, -0.05) is 141 Å². The van der Waals surface area contributed by atoms with Crippen LogP contribution in [0, 0.1) is 0 Å². The fraction of sp³-hybridized carbons (Fsp3) is 0.217. The standard InChI is InChI=1S/C60H57N5O/c1-58(2,3)39-29-30-61-56(34-39)65-51-26-15-12-23-48(51)57-54(64-49-24-13-10-21-46(49)47-22-11-14-25-50(47)64)36-45(37-55(57)65)66-44-20-18-19-42(35-44)62-38-63(53-28-17-16-27-52(53)62)43-32-40(59(4,5)6)31-41(33-43)60(7,8)9/h10-37H,38H2,1-9H3/i10D,11D,13D,14D,21D,22D,24D,25D. The minimum absolute atomic E-state index is 0.00634. The average Bonchev–Trinajstić information content (AvgIpc) is 4.04. The Labute approximate surface area is 399 Å². The van der Waals surface area contributed by atoms with Gasteiger partial charge in [0.25, 0.3) is 0 Å². The first kappa shape index (κ1) is 33.2. The topological polar surface area (TPSA) is 38.5 Å². The van der Waals surface area contributed by atoms with Crippen LogP contribution in [0.15, 0.2) is 170 Å². The first-order valence-corrected chi connectivity index (χ1v) is 22.6. The first-order valence-electron chi connectivity index (χ1n) is 26.6. The summed E-state index contributed by atoms with van der Waals surface area (Å²) < 4.78 is 83.3. The normalized spacial score (nSPS) is 15.1. The maximum atomic E-state index is 9.44. The Morgan fingerprint density at radius 3 is 1.73 bits per heavy atom. The van der Waals surface area contributed by atoms with Crippen LogP contribution in [0.2, 0.25) is 0 Å². The van der Waals surface area contributed by atoms with E-state index in [4.69, 9.17) is 15.2 Å². The smallest absolute Gasteiger partial charge is 0.137 e. The van der Waals surface area contributed by atoms with Crippen molar-refractivity contribution in [1.82, 2.24) is 14.1 Å². The summed E-state index contributed by atoms with van der Waals surface area (Å²) in [6.07, 6.45) is 1.80. The van der Waals surface area contributed by atoms with E-state index in [2.05, 4.69) is 131 Å². The van der Waals surface area contributed by atoms with E-state index >= 15 is 0 Å². The van der Waals surface area contributed by atoms with Gasteiger partial charge in [0.15, 0.2) is 0 Å². The van der Waals surface area contributed by atoms with Gasteiger partial charge in [-0.15, -0.1) is 0 Å². The third kappa shape index (κ3) is 6.98. The summed E-state index contributed by atoms with van der Waals surface area (Å²) in [5.41, 5.74) is 9.25. The zero-order valence-electron chi connectivity index (χ0n) is 46.9. The molecule has 4 heterocycles. The lowest BCUT2D eigenvalue weighted by Gasteiger charge is -2.29. The van der Waals surface area contributed by atoms with E-state index in [1.807, 2.05) is 54.6 Å². The van der Waals surface area contributed by atoms with Gasteiger partial charge in [-0.3, -0.25) is 4.57 Å². The van der Waals surface area contributed by atoms with E-state index in [9.17, 15) is 5.48 Å². The Morgan fingerprint density at radius 1 is 0.470 bits per heavy atom. The van der Waals surface area contributed by atoms with Crippen molar-refractivity contribution in [1.29, 1.82) is 0 Å². The van der Waals surface area contributed by atoms with Gasteiger partial charge in [-0.05, 0) is 99.6 Å². The molecule has 1 aliphatic rings. The van der Waals surface area contributed by atoms with E-state index in [1.54, 1.807) is 16.8 Å². The maximum absolute atomic E-state index is 9.44. The number of anilines is 4. The highest BCUT2D eigenvalue weighted by Crippen LogP contribution is 2.47. The second-order valence-electron chi connectivity index (χ2n) is 20.5. The number of rotatable bonds is 6. The van der Waals surface area contributed by atoms with Crippen LogP contribution in [0.5, 0.6) is 11.5 Å². The first-order chi connectivity index (χ1) is 34.9. The van der Waals surface area contributed by atoms with Crippen LogP contribution in [-0.4, -0.2) is 20.8 Å². The molecule has 0 N–H and O–H groups in total. The number of hydrogen-bond donors (Lipinski definition) is 0. The Hall–Kier alpha value is -7.31. The van der Waals surface area contributed by atoms with E-state index in [0.29, 0.717) is 40.6 Å². The van der Waals surface area contributed by atoms with Crippen LogP contribution in [0.4, 0.5) is 22.7 Å². The SMILES string of the molecule is [2H]c1c([2H])c([2H])c2c(c1[2H])c1c([2H])c([2H])c([2H])c([2H])c1n2-c1cc(Oc2cccc(N3CN(c4cc(C(C)(C)C)cc(C(C)(C)C)c4)c4ccccc43)c2)cc2c1c1ccccc1n2-c1cc(C(C)(C)C)ccn1. The molecule has 0 spiro atoms. The van der Waals surface area contributed by atoms with Crippen molar-refractivity contribution in [3.63, 3.8) is 0 Å². The van der Waals surface area contributed by atoms with E-state index in [-0.39, 0.29) is 50.1 Å².